The number of pyridine rings is 1. The zero-order chi connectivity index (χ0) is 28.0. The summed E-state index contributed by atoms with van der Waals surface area (Å²) < 4.78 is 40.5. The minimum absolute atomic E-state index is 0.164. The van der Waals surface area contributed by atoms with E-state index in [1.807, 2.05) is 0 Å². The number of hydrogen-bond acceptors (Lipinski definition) is 7. The van der Waals surface area contributed by atoms with E-state index in [1.54, 1.807) is 53.6 Å². The fraction of sp³-hybridized carbons (Fsp3) is 0.407. The van der Waals surface area contributed by atoms with Crippen LogP contribution in [0.25, 0.3) is 17.1 Å². The fourth-order valence-electron chi connectivity index (χ4n) is 4.87. The molecule has 1 fully saturated rings. The van der Waals surface area contributed by atoms with Crippen molar-refractivity contribution < 1.29 is 33.0 Å². The summed E-state index contributed by atoms with van der Waals surface area (Å²) in [6.45, 7) is 0.314. The van der Waals surface area contributed by atoms with E-state index < -0.39 is 17.9 Å². The number of carboxylic acids is 1. The van der Waals surface area contributed by atoms with E-state index in [2.05, 4.69) is 10.1 Å². The minimum atomic E-state index is -2.78. The molecule has 4 rings (SSSR count). The molecule has 1 N–H and O–H groups in total. The van der Waals surface area contributed by atoms with Gasteiger partial charge in [0.25, 0.3) is 5.92 Å². The predicted octanol–water partition coefficient (Wildman–Crippen LogP) is 3.88. The summed E-state index contributed by atoms with van der Waals surface area (Å²) in [4.78, 5) is 31.4. The third kappa shape index (κ3) is 6.51. The minimum Gasteiger partial charge on any atom is -0.496 e. The van der Waals surface area contributed by atoms with E-state index >= 15 is 0 Å². The van der Waals surface area contributed by atoms with Crippen LogP contribution < -0.4 is 14.4 Å². The number of methoxy groups -OCH3 is 2. The predicted molar refractivity (Wildman–Crippen MR) is 140 cm³/mol. The average molecular weight is 544 g/mol. The van der Waals surface area contributed by atoms with Crippen LogP contribution in [0.1, 0.15) is 25.7 Å². The molecule has 12 heteroatoms. The highest BCUT2D eigenvalue weighted by Crippen LogP contribution is 2.40. The third-order valence-corrected chi connectivity index (χ3v) is 6.68. The van der Waals surface area contributed by atoms with Crippen molar-refractivity contribution in [1.29, 1.82) is 0 Å². The van der Waals surface area contributed by atoms with Gasteiger partial charge in [0.1, 0.15) is 11.5 Å². The summed E-state index contributed by atoms with van der Waals surface area (Å²) >= 11 is 0. The molecule has 1 aliphatic heterocycles. The molecule has 3 heterocycles. The highest BCUT2D eigenvalue weighted by Gasteiger charge is 2.35. The van der Waals surface area contributed by atoms with Crippen molar-refractivity contribution in [2.45, 2.75) is 37.6 Å². The highest BCUT2D eigenvalue weighted by atomic mass is 19.3. The molecule has 0 aliphatic carbocycles. The standard InChI is InChI=1S/C27H31F2N5O5/c1-38-21-7-5-8-22(39-2)26(21)20-16-24(31-34(20)23-9-3-4-12-30-23)33(18-35)19(15-25(36)37)10-14-32-13-6-11-27(28,29)17-32/h3-5,7-9,12,16,18-19H,6,10-11,13-15,17H2,1-2H3,(H,36,37)/t19-/m0/s1. The molecular weight excluding hydrogens is 512 g/mol. The van der Waals surface area contributed by atoms with Gasteiger partial charge >= 0.3 is 5.97 Å². The lowest BCUT2D eigenvalue weighted by molar-refractivity contribution is -0.137. The quantitative estimate of drug-likeness (QED) is 0.343. The summed E-state index contributed by atoms with van der Waals surface area (Å²) in [5, 5.41) is 14.2. The summed E-state index contributed by atoms with van der Waals surface area (Å²) in [6.07, 6.45) is 2.10. The molecular formula is C27H31F2N5O5. The molecule has 1 aromatic carbocycles. The first kappa shape index (κ1) is 28.0. The first-order valence-corrected chi connectivity index (χ1v) is 12.5. The Labute approximate surface area is 224 Å². The number of alkyl halides is 2. The lowest BCUT2D eigenvalue weighted by atomic mass is 10.0. The highest BCUT2D eigenvalue weighted by molar-refractivity contribution is 5.82. The Morgan fingerprint density at radius 2 is 1.95 bits per heavy atom. The van der Waals surface area contributed by atoms with E-state index in [9.17, 15) is 23.5 Å². The van der Waals surface area contributed by atoms with Crippen molar-refractivity contribution in [2.24, 2.45) is 0 Å². The van der Waals surface area contributed by atoms with Gasteiger partial charge in [-0.25, -0.2) is 18.4 Å². The van der Waals surface area contributed by atoms with Gasteiger partial charge in [0.2, 0.25) is 6.41 Å². The van der Waals surface area contributed by atoms with E-state index in [0.29, 0.717) is 47.9 Å². The number of carboxylic acid groups (broad SMARTS) is 1. The largest absolute Gasteiger partial charge is 0.496 e. The van der Waals surface area contributed by atoms with Crippen molar-refractivity contribution in [3.05, 3.63) is 48.7 Å². The van der Waals surface area contributed by atoms with Crippen LogP contribution >= 0.6 is 0 Å². The molecule has 0 unspecified atom stereocenters. The Hall–Kier alpha value is -4.06. The number of hydrogen-bond donors (Lipinski definition) is 1. The number of likely N-dealkylation sites (tertiary alicyclic amines) is 1. The molecule has 1 aliphatic rings. The Balaban J connectivity index is 1.75. The van der Waals surface area contributed by atoms with Crippen LogP contribution in [0.2, 0.25) is 0 Å². The van der Waals surface area contributed by atoms with Crippen LogP contribution in [0.15, 0.2) is 48.7 Å². The van der Waals surface area contributed by atoms with E-state index in [-0.39, 0.29) is 38.2 Å². The monoisotopic (exact) mass is 543 g/mol. The van der Waals surface area contributed by atoms with Crippen LogP contribution in [0.5, 0.6) is 11.5 Å². The molecule has 0 bridgehead atoms. The number of halogens is 2. The Morgan fingerprint density at radius 3 is 2.54 bits per heavy atom. The summed E-state index contributed by atoms with van der Waals surface area (Å²) in [7, 11) is 3.04. The maximum Gasteiger partial charge on any atom is 0.305 e. The van der Waals surface area contributed by atoms with Gasteiger partial charge in [-0.15, -0.1) is 5.10 Å². The van der Waals surface area contributed by atoms with Crippen LogP contribution in [-0.2, 0) is 9.59 Å². The molecule has 0 spiro atoms. The van der Waals surface area contributed by atoms with Gasteiger partial charge in [0.05, 0.1) is 38.4 Å². The number of amides is 1. The number of aliphatic carboxylic acids is 1. The van der Waals surface area contributed by atoms with Crippen LogP contribution in [0.3, 0.4) is 0 Å². The number of benzene rings is 1. The van der Waals surface area contributed by atoms with E-state index in [4.69, 9.17) is 9.47 Å². The van der Waals surface area contributed by atoms with Gasteiger partial charge < -0.3 is 14.6 Å². The smallest absolute Gasteiger partial charge is 0.305 e. The molecule has 0 radical (unpaired) electrons. The molecule has 3 aromatic rings. The molecule has 1 amide bonds. The molecule has 1 atom stereocenters. The van der Waals surface area contributed by atoms with Gasteiger partial charge in [-0.2, -0.15) is 0 Å². The van der Waals surface area contributed by atoms with Crippen molar-refractivity contribution in [1.82, 2.24) is 19.7 Å². The Bertz CT molecular complexity index is 1260. The number of rotatable bonds is 12. The van der Waals surface area contributed by atoms with Crippen molar-refractivity contribution in [3.63, 3.8) is 0 Å². The third-order valence-electron chi connectivity index (χ3n) is 6.68. The number of carbonyl (C=O) groups is 2. The fourth-order valence-corrected chi connectivity index (χ4v) is 4.87. The molecule has 39 heavy (non-hydrogen) atoms. The van der Waals surface area contributed by atoms with Gasteiger partial charge in [-0.3, -0.25) is 19.4 Å². The zero-order valence-electron chi connectivity index (χ0n) is 21.8. The number of ether oxygens (including phenoxy) is 2. The average Bonchev–Trinajstić information content (AvgIpc) is 3.35. The second-order valence-electron chi connectivity index (χ2n) is 9.31. The Kier molecular flexibility index (Phi) is 8.75. The SMILES string of the molecule is COc1cccc(OC)c1-c1cc(N(C=O)[C@@H](CCN2CCCC(F)(F)C2)CC(=O)O)nn1-c1ccccn1. The van der Waals surface area contributed by atoms with E-state index in [0.717, 1.165) is 0 Å². The molecule has 2 aromatic heterocycles. The topological polar surface area (TPSA) is 110 Å². The second kappa shape index (κ2) is 12.2. The molecule has 10 nitrogen and oxygen atoms in total. The first-order chi connectivity index (χ1) is 18.8. The normalized spacial score (nSPS) is 15.9. The van der Waals surface area contributed by atoms with Crippen LogP contribution in [0, 0.1) is 0 Å². The number of piperidine rings is 1. The number of carbonyl (C=O) groups excluding carboxylic acids is 1. The van der Waals surface area contributed by atoms with Crippen molar-refractivity contribution >= 4 is 18.2 Å². The van der Waals surface area contributed by atoms with Gasteiger partial charge in [-0.1, -0.05) is 12.1 Å². The zero-order valence-corrected chi connectivity index (χ0v) is 21.8. The van der Waals surface area contributed by atoms with Crippen LogP contribution in [0.4, 0.5) is 14.6 Å². The maximum atomic E-state index is 13.9. The molecule has 0 saturated carbocycles. The Morgan fingerprint density at radius 1 is 1.21 bits per heavy atom. The molecule has 208 valence electrons. The van der Waals surface area contributed by atoms with Crippen LogP contribution in [-0.4, -0.2) is 83.0 Å². The lowest BCUT2D eigenvalue weighted by Crippen LogP contribution is -2.45. The second-order valence-corrected chi connectivity index (χ2v) is 9.31. The van der Waals surface area contributed by atoms with Gasteiger partial charge in [0, 0.05) is 31.3 Å². The summed E-state index contributed by atoms with van der Waals surface area (Å²) in [5.41, 5.74) is 1.05. The van der Waals surface area contributed by atoms with E-state index in [1.165, 1.54) is 23.8 Å². The lowest BCUT2D eigenvalue weighted by Gasteiger charge is -2.34. The van der Waals surface area contributed by atoms with Gasteiger partial charge in [0.15, 0.2) is 11.6 Å². The maximum absolute atomic E-state index is 13.9. The van der Waals surface area contributed by atoms with Crippen molar-refractivity contribution in [3.8, 4) is 28.6 Å². The number of aromatic nitrogens is 3. The number of nitrogens with zero attached hydrogens (tertiary/aromatic N) is 5. The van der Waals surface area contributed by atoms with Gasteiger partial charge in [-0.05, 0) is 43.7 Å². The summed E-state index contributed by atoms with van der Waals surface area (Å²) in [5.74, 6) is -2.30. The van der Waals surface area contributed by atoms with Crippen molar-refractivity contribution in [2.75, 3.05) is 38.8 Å². The first-order valence-electron chi connectivity index (χ1n) is 12.5. The number of anilines is 1. The summed E-state index contributed by atoms with van der Waals surface area (Å²) in [6, 6.07) is 11.4. The molecule has 1 saturated heterocycles.